The van der Waals surface area contributed by atoms with Crippen molar-refractivity contribution < 1.29 is 9.90 Å². The summed E-state index contributed by atoms with van der Waals surface area (Å²) >= 11 is 0. The second-order valence-corrected chi connectivity index (χ2v) is 3.97. The molecular weight excluding hydrogens is 194 g/mol. The highest BCUT2D eigenvalue weighted by atomic mass is 16.3. The van der Waals surface area contributed by atoms with E-state index in [0.717, 1.165) is 12.8 Å². The van der Waals surface area contributed by atoms with Gasteiger partial charge < -0.3 is 10.4 Å². The maximum Gasteiger partial charge on any atom is 0.252 e. The number of nitrogens with zero attached hydrogens (tertiary/aromatic N) is 2. The highest BCUT2D eigenvalue weighted by molar-refractivity contribution is 5.93. The quantitative estimate of drug-likeness (QED) is 0.727. The van der Waals surface area contributed by atoms with E-state index in [9.17, 15) is 4.79 Å². The fraction of sp³-hybridized carbons (Fsp3) is 0.500. The monoisotopic (exact) mass is 207 g/mol. The molecule has 15 heavy (non-hydrogen) atoms. The van der Waals surface area contributed by atoms with E-state index in [4.69, 9.17) is 5.11 Å². The third-order valence-electron chi connectivity index (χ3n) is 2.76. The van der Waals surface area contributed by atoms with Crippen LogP contribution < -0.4 is 5.32 Å². The van der Waals surface area contributed by atoms with Gasteiger partial charge in [-0.15, -0.1) is 0 Å². The largest absolute Gasteiger partial charge is 0.396 e. The lowest BCUT2D eigenvalue weighted by Gasteiger charge is -2.12. The minimum Gasteiger partial charge on any atom is -0.396 e. The summed E-state index contributed by atoms with van der Waals surface area (Å²) in [6.45, 7) is 0.673. The molecule has 80 valence electrons. The predicted octanol–water partition coefficient (Wildman–Crippen LogP) is -0.0211. The van der Waals surface area contributed by atoms with Crippen LogP contribution >= 0.6 is 0 Å². The van der Waals surface area contributed by atoms with Gasteiger partial charge in [0.1, 0.15) is 0 Å². The summed E-state index contributed by atoms with van der Waals surface area (Å²) < 4.78 is 0. The van der Waals surface area contributed by atoms with Crippen molar-refractivity contribution in [1.29, 1.82) is 0 Å². The number of aliphatic hydroxyl groups is 1. The van der Waals surface area contributed by atoms with Crippen LogP contribution in [0.3, 0.4) is 0 Å². The zero-order valence-corrected chi connectivity index (χ0v) is 8.31. The minimum absolute atomic E-state index is 0.0594. The Balaban J connectivity index is 1.88. The van der Waals surface area contributed by atoms with Crippen molar-refractivity contribution in [2.75, 3.05) is 13.2 Å². The third-order valence-corrected chi connectivity index (χ3v) is 2.76. The van der Waals surface area contributed by atoms with Gasteiger partial charge in [-0.05, 0) is 18.9 Å². The summed E-state index contributed by atoms with van der Waals surface area (Å²) in [6.07, 6.45) is 4.87. The molecule has 1 amide bonds. The standard InChI is InChI=1S/C10H13N3O2/c14-7-10(2-3-10)6-11-9(15)8-1-4-12-13-5-8/h1,4-5,14H,2-3,6-7H2,(H,11,15). The molecule has 2 N–H and O–H groups in total. The number of aromatic nitrogens is 2. The first-order chi connectivity index (χ1) is 7.26. The molecule has 0 aliphatic heterocycles. The molecule has 0 aromatic carbocycles. The fourth-order valence-corrected chi connectivity index (χ4v) is 1.36. The van der Waals surface area contributed by atoms with Gasteiger partial charge in [-0.25, -0.2) is 0 Å². The lowest BCUT2D eigenvalue weighted by molar-refractivity contribution is 0.0934. The molecule has 0 unspecified atom stereocenters. The van der Waals surface area contributed by atoms with Gasteiger partial charge in [0.2, 0.25) is 0 Å². The Hall–Kier alpha value is -1.49. The molecule has 1 heterocycles. The van der Waals surface area contributed by atoms with Crippen LogP contribution in [0.4, 0.5) is 0 Å². The van der Waals surface area contributed by atoms with Crippen LogP contribution in [0.2, 0.25) is 0 Å². The molecule has 0 radical (unpaired) electrons. The smallest absolute Gasteiger partial charge is 0.252 e. The van der Waals surface area contributed by atoms with Gasteiger partial charge in [-0.2, -0.15) is 10.2 Å². The normalized spacial score (nSPS) is 17.1. The van der Waals surface area contributed by atoms with Crippen molar-refractivity contribution in [2.24, 2.45) is 5.41 Å². The van der Waals surface area contributed by atoms with E-state index in [1.54, 1.807) is 6.07 Å². The maximum atomic E-state index is 11.6. The third kappa shape index (κ3) is 2.30. The molecule has 0 saturated heterocycles. The second kappa shape index (κ2) is 3.94. The van der Waals surface area contributed by atoms with Crippen LogP contribution in [0.25, 0.3) is 0 Å². The van der Waals surface area contributed by atoms with E-state index in [1.165, 1.54) is 12.4 Å². The van der Waals surface area contributed by atoms with Gasteiger partial charge in [0.15, 0.2) is 0 Å². The molecule has 1 aromatic heterocycles. The van der Waals surface area contributed by atoms with E-state index in [2.05, 4.69) is 15.5 Å². The van der Waals surface area contributed by atoms with E-state index >= 15 is 0 Å². The Morgan fingerprint density at radius 1 is 1.53 bits per heavy atom. The molecule has 1 aliphatic carbocycles. The van der Waals surface area contributed by atoms with Gasteiger partial charge in [-0.3, -0.25) is 4.79 Å². The van der Waals surface area contributed by atoms with Crippen molar-refractivity contribution in [1.82, 2.24) is 15.5 Å². The van der Waals surface area contributed by atoms with Crippen LogP contribution in [0.15, 0.2) is 18.5 Å². The van der Waals surface area contributed by atoms with Gasteiger partial charge in [0.05, 0.1) is 24.6 Å². The Morgan fingerprint density at radius 3 is 2.87 bits per heavy atom. The molecule has 2 rings (SSSR count). The van der Waals surface area contributed by atoms with Crippen LogP contribution in [-0.4, -0.2) is 34.4 Å². The minimum atomic E-state index is -0.162. The molecule has 5 nitrogen and oxygen atoms in total. The van der Waals surface area contributed by atoms with Gasteiger partial charge in [0.25, 0.3) is 5.91 Å². The summed E-state index contributed by atoms with van der Waals surface area (Å²) in [6, 6.07) is 1.61. The molecule has 1 aromatic rings. The zero-order valence-electron chi connectivity index (χ0n) is 8.31. The number of amides is 1. The molecule has 1 fully saturated rings. The lowest BCUT2D eigenvalue weighted by Crippen LogP contribution is -2.31. The summed E-state index contributed by atoms with van der Waals surface area (Å²) in [4.78, 5) is 11.6. The van der Waals surface area contributed by atoms with E-state index in [0.29, 0.717) is 12.1 Å². The zero-order chi connectivity index (χ0) is 10.7. The highest BCUT2D eigenvalue weighted by Crippen LogP contribution is 2.44. The molecule has 0 spiro atoms. The number of rotatable bonds is 4. The average Bonchev–Trinajstić information content (AvgIpc) is 3.08. The summed E-state index contributed by atoms with van der Waals surface area (Å²) in [7, 11) is 0. The van der Waals surface area contributed by atoms with Gasteiger partial charge in [-0.1, -0.05) is 0 Å². The maximum absolute atomic E-state index is 11.6. The molecule has 1 saturated carbocycles. The van der Waals surface area contributed by atoms with Gasteiger partial charge >= 0.3 is 0 Å². The molecule has 0 atom stereocenters. The predicted molar refractivity (Wildman–Crippen MR) is 53.1 cm³/mol. The Morgan fingerprint density at radius 2 is 2.33 bits per heavy atom. The fourth-order valence-electron chi connectivity index (χ4n) is 1.36. The second-order valence-electron chi connectivity index (χ2n) is 3.97. The summed E-state index contributed by atoms with van der Waals surface area (Å²) in [5.41, 5.74) is 0.439. The number of nitrogens with one attached hydrogen (secondary N) is 1. The van der Waals surface area contributed by atoms with E-state index < -0.39 is 0 Å². The van der Waals surface area contributed by atoms with Crippen molar-refractivity contribution >= 4 is 5.91 Å². The van der Waals surface area contributed by atoms with Crippen LogP contribution in [-0.2, 0) is 0 Å². The number of hydrogen-bond donors (Lipinski definition) is 2. The number of carbonyl (C=O) groups is 1. The number of carbonyl (C=O) groups excluding carboxylic acids is 1. The molecule has 0 bridgehead atoms. The SMILES string of the molecule is O=C(NCC1(CO)CC1)c1ccnnc1. The summed E-state index contributed by atoms with van der Waals surface area (Å²) in [5, 5.41) is 19.1. The van der Waals surface area contributed by atoms with Crippen molar-refractivity contribution in [2.45, 2.75) is 12.8 Å². The molecule has 5 heteroatoms. The van der Waals surface area contributed by atoms with Crippen LogP contribution in [0.1, 0.15) is 23.2 Å². The van der Waals surface area contributed by atoms with E-state index in [1.807, 2.05) is 0 Å². The Bertz CT molecular complexity index is 349. The number of aliphatic hydroxyl groups excluding tert-OH is 1. The van der Waals surface area contributed by atoms with Crippen molar-refractivity contribution in [3.05, 3.63) is 24.0 Å². The number of hydrogen-bond acceptors (Lipinski definition) is 4. The average molecular weight is 207 g/mol. The molecular formula is C10H13N3O2. The van der Waals surface area contributed by atoms with Crippen LogP contribution in [0, 0.1) is 5.41 Å². The first-order valence-corrected chi connectivity index (χ1v) is 4.92. The van der Waals surface area contributed by atoms with Gasteiger partial charge in [0, 0.05) is 12.0 Å². The first kappa shape index (κ1) is 10.0. The Kier molecular flexibility index (Phi) is 2.64. The first-order valence-electron chi connectivity index (χ1n) is 4.92. The topological polar surface area (TPSA) is 75.1 Å². The summed E-state index contributed by atoms with van der Waals surface area (Å²) in [5.74, 6) is -0.162. The highest BCUT2D eigenvalue weighted by Gasteiger charge is 2.42. The van der Waals surface area contributed by atoms with Crippen molar-refractivity contribution in [3.63, 3.8) is 0 Å². The van der Waals surface area contributed by atoms with Crippen LogP contribution in [0.5, 0.6) is 0 Å². The lowest BCUT2D eigenvalue weighted by atomic mass is 10.1. The van der Waals surface area contributed by atoms with E-state index in [-0.39, 0.29) is 17.9 Å². The van der Waals surface area contributed by atoms with Crippen molar-refractivity contribution in [3.8, 4) is 0 Å². The Labute approximate surface area is 87.5 Å². The molecule has 1 aliphatic rings.